The molecule has 29 heavy (non-hydrogen) atoms. The van der Waals surface area contributed by atoms with Crippen LogP contribution < -0.4 is 10.1 Å². The fourth-order valence-corrected chi connectivity index (χ4v) is 3.36. The number of nitrogens with one attached hydrogen (secondary N) is 1. The van der Waals surface area contributed by atoms with Crippen LogP contribution in [0.25, 0.3) is 0 Å². The van der Waals surface area contributed by atoms with Gasteiger partial charge < -0.3 is 14.8 Å². The van der Waals surface area contributed by atoms with Gasteiger partial charge in [-0.15, -0.1) is 0 Å². The number of aryl methyl sites for hydroxylation is 2. The van der Waals surface area contributed by atoms with E-state index in [2.05, 4.69) is 41.4 Å². The molecule has 1 fully saturated rings. The summed E-state index contributed by atoms with van der Waals surface area (Å²) in [5.74, 6) is 0.658. The number of carbonyl (C=O) groups is 1. The van der Waals surface area contributed by atoms with Gasteiger partial charge in [-0.05, 0) is 54.7 Å². The zero-order valence-electron chi connectivity index (χ0n) is 17.7. The highest BCUT2D eigenvalue weighted by atomic mass is 16.5. The Morgan fingerprint density at radius 3 is 2.41 bits per heavy atom. The van der Waals surface area contributed by atoms with Crippen LogP contribution in [0.2, 0.25) is 0 Å². The number of amides is 1. The van der Waals surface area contributed by atoms with Crippen molar-refractivity contribution in [1.82, 2.24) is 10.2 Å². The molecule has 156 valence electrons. The summed E-state index contributed by atoms with van der Waals surface area (Å²) in [6.07, 6.45) is 0.134. The summed E-state index contributed by atoms with van der Waals surface area (Å²) < 4.78 is 11.3. The van der Waals surface area contributed by atoms with Crippen LogP contribution in [0.1, 0.15) is 35.6 Å². The molecule has 2 aromatic rings. The molecule has 0 unspecified atom stereocenters. The van der Waals surface area contributed by atoms with Crippen LogP contribution in [0.4, 0.5) is 0 Å². The van der Waals surface area contributed by atoms with Crippen molar-refractivity contribution in [2.24, 2.45) is 0 Å². The van der Waals surface area contributed by atoms with Gasteiger partial charge in [0.25, 0.3) is 5.91 Å². The highest BCUT2D eigenvalue weighted by Gasteiger charge is 2.18. The van der Waals surface area contributed by atoms with E-state index in [1.807, 2.05) is 32.0 Å². The van der Waals surface area contributed by atoms with Gasteiger partial charge in [0.2, 0.25) is 0 Å². The molecule has 1 heterocycles. The number of hydrogen-bond donors (Lipinski definition) is 1. The lowest BCUT2D eigenvalue weighted by molar-refractivity contribution is -0.128. The van der Waals surface area contributed by atoms with Gasteiger partial charge in [-0.3, -0.25) is 9.69 Å². The first kappa shape index (κ1) is 21.3. The summed E-state index contributed by atoms with van der Waals surface area (Å²) in [4.78, 5) is 15.0. The molecule has 3 rings (SSSR count). The lowest BCUT2D eigenvalue weighted by Gasteiger charge is -2.26. The third-order valence-electron chi connectivity index (χ3n) is 5.42. The van der Waals surface area contributed by atoms with Crippen molar-refractivity contribution in [2.45, 2.75) is 46.4 Å². The van der Waals surface area contributed by atoms with E-state index >= 15 is 0 Å². The number of morpholine rings is 1. The zero-order valence-corrected chi connectivity index (χ0v) is 17.7. The summed E-state index contributed by atoms with van der Waals surface area (Å²) in [5.41, 5.74) is 4.75. The third kappa shape index (κ3) is 6.31. The fourth-order valence-electron chi connectivity index (χ4n) is 3.36. The molecule has 5 heteroatoms. The lowest BCUT2D eigenvalue weighted by atomic mass is 10.1. The Hall–Kier alpha value is -2.37. The number of carbonyl (C=O) groups excluding carboxylic acids is 1. The minimum atomic E-state index is -0.488. The predicted octanol–water partition coefficient (Wildman–Crippen LogP) is 3.61. The molecule has 1 N–H and O–H groups in total. The molecule has 0 bridgehead atoms. The second-order valence-electron chi connectivity index (χ2n) is 7.68. The van der Waals surface area contributed by atoms with Crippen LogP contribution in [0.3, 0.4) is 0 Å². The molecule has 5 nitrogen and oxygen atoms in total. The van der Waals surface area contributed by atoms with Crippen LogP contribution in [0.5, 0.6) is 5.75 Å². The van der Waals surface area contributed by atoms with Crippen molar-refractivity contribution in [1.29, 1.82) is 0 Å². The molecule has 1 amide bonds. The van der Waals surface area contributed by atoms with Gasteiger partial charge in [-0.25, -0.2) is 0 Å². The predicted molar refractivity (Wildman–Crippen MR) is 115 cm³/mol. The third-order valence-corrected chi connectivity index (χ3v) is 5.42. The Balaban J connectivity index is 1.49. The molecule has 1 saturated heterocycles. The molecular formula is C24H32N2O3. The largest absolute Gasteiger partial charge is 0.481 e. The Morgan fingerprint density at radius 2 is 1.76 bits per heavy atom. The maximum absolute atomic E-state index is 12.6. The van der Waals surface area contributed by atoms with Crippen LogP contribution in [-0.4, -0.2) is 43.2 Å². The molecule has 0 aromatic heterocycles. The van der Waals surface area contributed by atoms with Crippen molar-refractivity contribution < 1.29 is 14.3 Å². The Bertz CT molecular complexity index is 798. The highest BCUT2D eigenvalue weighted by molar-refractivity contribution is 5.81. The van der Waals surface area contributed by atoms with E-state index in [9.17, 15) is 4.79 Å². The van der Waals surface area contributed by atoms with E-state index in [1.165, 1.54) is 11.1 Å². The van der Waals surface area contributed by atoms with E-state index in [0.29, 0.717) is 13.0 Å². The summed E-state index contributed by atoms with van der Waals surface area (Å²) >= 11 is 0. The van der Waals surface area contributed by atoms with E-state index in [4.69, 9.17) is 9.47 Å². The number of nitrogens with zero attached hydrogens (tertiary/aromatic N) is 1. The highest BCUT2D eigenvalue weighted by Crippen LogP contribution is 2.18. The standard InChI is InChI=1S/C24H32N2O3/c1-4-23(29-22-10-5-18(2)19(3)15-22)24(27)25-16-20-6-8-21(9-7-20)17-26-11-13-28-14-12-26/h5-10,15,23H,4,11-14,16-17H2,1-3H3,(H,25,27)/t23-/m1/s1. The summed E-state index contributed by atoms with van der Waals surface area (Å²) in [7, 11) is 0. The minimum absolute atomic E-state index is 0.0804. The molecule has 1 atom stereocenters. The average Bonchev–Trinajstić information content (AvgIpc) is 2.74. The molecule has 2 aromatic carbocycles. The number of hydrogen-bond acceptors (Lipinski definition) is 4. The van der Waals surface area contributed by atoms with Crippen LogP contribution in [-0.2, 0) is 22.6 Å². The molecule has 0 radical (unpaired) electrons. The van der Waals surface area contributed by atoms with E-state index in [-0.39, 0.29) is 5.91 Å². The second kappa shape index (κ2) is 10.4. The molecular weight excluding hydrogens is 364 g/mol. The smallest absolute Gasteiger partial charge is 0.261 e. The molecule has 0 spiro atoms. The van der Waals surface area contributed by atoms with Crippen molar-refractivity contribution in [2.75, 3.05) is 26.3 Å². The molecule has 0 saturated carbocycles. The minimum Gasteiger partial charge on any atom is -0.481 e. The van der Waals surface area contributed by atoms with Crippen LogP contribution in [0.15, 0.2) is 42.5 Å². The first-order valence-corrected chi connectivity index (χ1v) is 10.4. The van der Waals surface area contributed by atoms with Crippen molar-refractivity contribution in [3.8, 4) is 5.75 Å². The summed E-state index contributed by atoms with van der Waals surface area (Å²) in [6.45, 7) is 11.1. The summed E-state index contributed by atoms with van der Waals surface area (Å²) in [5, 5.41) is 3.01. The van der Waals surface area contributed by atoms with Crippen LogP contribution >= 0.6 is 0 Å². The van der Waals surface area contributed by atoms with E-state index in [1.54, 1.807) is 0 Å². The lowest BCUT2D eigenvalue weighted by Crippen LogP contribution is -2.37. The first-order valence-electron chi connectivity index (χ1n) is 10.4. The van der Waals surface area contributed by atoms with Gasteiger partial charge in [0, 0.05) is 26.2 Å². The maximum Gasteiger partial charge on any atom is 0.261 e. The number of benzene rings is 2. The van der Waals surface area contributed by atoms with Gasteiger partial charge in [-0.2, -0.15) is 0 Å². The Labute approximate surface area is 174 Å². The maximum atomic E-state index is 12.6. The Kier molecular flexibility index (Phi) is 7.67. The summed E-state index contributed by atoms with van der Waals surface area (Å²) in [6, 6.07) is 14.4. The van der Waals surface area contributed by atoms with Crippen LogP contribution in [0, 0.1) is 13.8 Å². The van der Waals surface area contributed by atoms with E-state index in [0.717, 1.165) is 49.7 Å². The number of ether oxygens (including phenoxy) is 2. The molecule has 0 aliphatic carbocycles. The fraction of sp³-hybridized carbons (Fsp3) is 0.458. The van der Waals surface area contributed by atoms with Gasteiger partial charge in [0.05, 0.1) is 13.2 Å². The Morgan fingerprint density at radius 1 is 1.07 bits per heavy atom. The molecule has 1 aliphatic rings. The second-order valence-corrected chi connectivity index (χ2v) is 7.68. The zero-order chi connectivity index (χ0) is 20.6. The van der Waals surface area contributed by atoms with E-state index < -0.39 is 6.10 Å². The van der Waals surface area contributed by atoms with Gasteiger partial charge in [0.1, 0.15) is 5.75 Å². The van der Waals surface area contributed by atoms with Gasteiger partial charge >= 0.3 is 0 Å². The SMILES string of the molecule is CC[C@@H](Oc1ccc(C)c(C)c1)C(=O)NCc1ccc(CN2CCOCC2)cc1. The quantitative estimate of drug-likeness (QED) is 0.741. The first-order chi connectivity index (χ1) is 14.0. The van der Waals surface area contributed by atoms with Gasteiger partial charge in [0.15, 0.2) is 6.10 Å². The topological polar surface area (TPSA) is 50.8 Å². The van der Waals surface area contributed by atoms with Crippen molar-refractivity contribution in [3.63, 3.8) is 0 Å². The normalized spacial score (nSPS) is 15.7. The van der Waals surface area contributed by atoms with Crippen molar-refractivity contribution >= 4 is 5.91 Å². The monoisotopic (exact) mass is 396 g/mol. The van der Waals surface area contributed by atoms with Gasteiger partial charge in [-0.1, -0.05) is 37.3 Å². The average molecular weight is 397 g/mol. The number of rotatable bonds is 8. The molecule has 1 aliphatic heterocycles. The van der Waals surface area contributed by atoms with Crippen molar-refractivity contribution in [3.05, 3.63) is 64.7 Å².